The van der Waals surface area contributed by atoms with E-state index in [1.165, 1.54) is 6.20 Å². The Morgan fingerprint density at radius 1 is 1.24 bits per heavy atom. The van der Waals surface area contributed by atoms with Crippen LogP contribution in [0.1, 0.15) is 45.7 Å². The van der Waals surface area contributed by atoms with Crippen LogP contribution in [0.25, 0.3) is 0 Å². The van der Waals surface area contributed by atoms with Gasteiger partial charge in [0.2, 0.25) is 5.88 Å². The molecular formula is C21H23F2N3O3. The quantitative estimate of drug-likeness (QED) is 0.696. The van der Waals surface area contributed by atoms with Gasteiger partial charge in [-0.1, -0.05) is 0 Å². The molecule has 0 aromatic carbocycles. The summed E-state index contributed by atoms with van der Waals surface area (Å²) in [5, 5.41) is 2.80. The van der Waals surface area contributed by atoms with E-state index in [0.29, 0.717) is 22.5 Å². The molecule has 2 aromatic rings. The lowest BCUT2D eigenvalue weighted by molar-refractivity contribution is -0.119. The van der Waals surface area contributed by atoms with Crippen molar-refractivity contribution in [2.24, 2.45) is 5.92 Å². The summed E-state index contributed by atoms with van der Waals surface area (Å²) in [4.78, 5) is 32.9. The van der Waals surface area contributed by atoms with Crippen LogP contribution >= 0.6 is 0 Å². The first-order valence-corrected chi connectivity index (χ1v) is 9.46. The van der Waals surface area contributed by atoms with Crippen molar-refractivity contribution in [2.45, 2.75) is 46.1 Å². The van der Waals surface area contributed by atoms with Crippen LogP contribution < -0.4 is 10.1 Å². The van der Waals surface area contributed by atoms with E-state index in [9.17, 15) is 18.4 Å². The van der Waals surface area contributed by atoms with Gasteiger partial charge in [-0.3, -0.25) is 14.6 Å². The Hall–Kier alpha value is -2.90. The van der Waals surface area contributed by atoms with Crippen LogP contribution in [0.15, 0.2) is 24.4 Å². The summed E-state index contributed by atoms with van der Waals surface area (Å²) in [5.74, 6) is 0.185. The first kappa shape index (κ1) is 20.8. The number of aryl methyl sites for hydroxylation is 2. The van der Waals surface area contributed by atoms with Gasteiger partial charge in [-0.2, -0.15) is 0 Å². The fourth-order valence-corrected chi connectivity index (χ4v) is 2.98. The zero-order chi connectivity index (χ0) is 21.0. The van der Waals surface area contributed by atoms with Crippen LogP contribution in [0.4, 0.5) is 8.78 Å². The number of halogens is 2. The molecule has 1 saturated carbocycles. The topological polar surface area (TPSA) is 81.2 Å². The number of hydrogen-bond acceptors (Lipinski definition) is 5. The van der Waals surface area contributed by atoms with Crippen LogP contribution in [-0.4, -0.2) is 34.7 Å². The van der Waals surface area contributed by atoms with E-state index in [1.54, 1.807) is 32.0 Å². The fourth-order valence-electron chi connectivity index (χ4n) is 2.98. The highest BCUT2D eigenvalue weighted by atomic mass is 19.3. The third kappa shape index (κ3) is 6.04. The summed E-state index contributed by atoms with van der Waals surface area (Å²) >= 11 is 0. The number of nitrogens with zero attached hydrogens (tertiary/aromatic N) is 2. The monoisotopic (exact) mass is 403 g/mol. The molecule has 0 radical (unpaired) electrons. The number of Topliss-reactive ketones (excluding diaryl/α,β-unsaturated/α-hetero) is 1. The Kier molecular flexibility index (Phi) is 6.51. The summed E-state index contributed by atoms with van der Waals surface area (Å²) in [6, 6.07) is 5.05. The van der Waals surface area contributed by atoms with Crippen LogP contribution in [0.2, 0.25) is 0 Å². The Morgan fingerprint density at radius 3 is 2.66 bits per heavy atom. The predicted molar refractivity (Wildman–Crippen MR) is 102 cm³/mol. The van der Waals surface area contributed by atoms with Gasteiger partial charge in [0.15, 0.2) is 6.61 Å². The maximum atomic E-state index is 12.5. The van der Waals surface area contributed by atoms with Gasteiger partial charge < -0.3 is 10.1 Å². The van der Waals surface area contributed by atoms with Crippen molar-refractivity contribution in [1.82, 2.24) is 15.3 Å². The predicted octanol–water partition coefficient (Wildman–Crippen LogP) is 3.19. The summed E-state index contributed by atoms with van der Waals surface area (Å²) in [6.45, 7) is 3.00. The van der Waals surface area contributed by atoms with E-state index in [-0.39, 0.29) is 36.5 Å². The van der Waals surface area contributed by atoms with Gasteiger partial charge in [0.05, 0.1) is 0 Å². The molecule has 0 unspecified atom stereocenters. The second-order valence-electron chi connectivity index (χ2n) is 7.26. The first-order chi connectivity index (χ1) is 13.8. The average molecular weight is 403 g/mol. The molecule has 154 valence electrons. The Labute approximate surface area is 167 Å². The van der Waals surface area contributed by atoms with Gasteiger partial charge >= 0.3 is 0 Å². The SMILES string of the molecule is Cc1cc(C(=O)NCc2cnc(OCC(F)F)c(C)c2)cc(CC(=O)C2CC2)n1. The van der Waals surface area contributed by atoms with Crippen molar-refractivity contribution >= 4 is 11.7 Å². The van der Waals surface area contributed by atoms with Crippen LogP contribution in [-0.2, 0) is 17.8 Å². The van der Waals surface area contributed by atoms with Crippen molar-refractivity contribution in [2.75, 3.05) is 6.61 Å². The number of carbonyl (C=O) groups is 2. The van der Waals surface area contributed by atoms with E-state index < -0.39 is 13.0 Å². The zero-order valence-electron chi connectivity index (χ0n) is 16.4. The molecule has 0 saturated heterocycles. The minimum Gasteiger partial charge on any atom is -0.471 e. The molecule has 1 amide bonds. The lowest BCUT2D eigenvalue weighted by atomic mass is 10.1. The minimum absolute atomic E-state index is 0.148. The Bertz CT molecular complexity index is 914. The standard InChI is InChI=1S/C21H23F2N3O3/c1-12-5-14(10-25-21(12)29-11-19(22)23)9-24-20(28)16-6-13(2)26-17(7-16)8-18(27)15-3-4-15/h5-7,10,15,19H,3-4,8-9,11H2,1-2H3,(H,24,28). The van der Waals surface area contributed by atoms with E-state index in [4.69, 9.17) is 4.74 Å². The highest BCUT2D eigenvalue weighted by Gasteiger charge is 2.29. The number of carbonyl (C=O) groups excluding carboxylic acids is 2. The lowest BCUT2D eigenvalue weighted by Crippen LogP contribution is -2.23. The Morgan fingerprint density at radius 2 is 2.00 bits per heavy atom. The van der Waals surface area contributed by atoms with Crippen molar-refractivity contribution < 1.29 is 23.1 Å². The molecule has 1 aliphatic carbocycles. The third-order valence-corrected chi connectivity index (χ3v) is 4.54. The number of alkyl halides is 2. The van der Waals surface area contributed by atoms with Crippen LogP contribution in [0, 0.1) is 19.8 Å². The van der Waals surface area contributed by atoms with E-state index in [2.05, 4.69) is 15.3 Å². The zero-order valence-corrected chi connectivity index (χ0v) is 16.4. The van der Waals surface area contributed by atoms with Gasteiger partial charge in [-0.15, -0.1) is 0 Å². The van der Waals surface area contributed by atoms with Crippen molar-refractivity contribution in [3.05, 3.63) is 52.5 Å². The smallest absolute Gasteiger partial charge is 0.272 e. The number of nitrogens with one attached hydrogen (secondary N) is 1. The average Bonchev–Trinajstić information content (AvgIpc) is 3.50. The number of ketones is 1. The number of amides is 1. The van der Waals surface area contributed by atoms with Gasteiger partial charge in [0, 0.05) is 47.6 Å². The highest BCUT2D eigenvalue weighted by molar-refractivity contribution is 5.94. The maximum Gasteiger partial charge on any atom is 0.272 e. The molecule has 1 N–H and O–H groups in total. The molecule has 6 nitrogen and oxygen atoms in total. The normalized spacial score (nSPS) is 13.4. The number of aromatic nitrogens is 2. The molecule has 1 fully saturated rings. The lowest BCUT2D eigenvalue weighted by Gasteiger charge is -2.11. The van der Waals surface area contributed by atoms with Crippen molar-refractivity contribution in [3.63, 3.8) is 0 Å². The number of pyridine rings is 2. The largest absolute Gasteiger partial charge is 0.471 e. The summed E-state index contributed by atoms with van der Waals surface area (Å²) in [5.41, 5.74) is 3.05. The second-order valence-corrected chi connectivity index (χ2v) is 7.26. The molecule has 0 spiro atoms. The molecule has 0 bridgehead atoms. The summed E-state index contributed by atoms with van der Waals surface area (Å²) in [7, 11) is 0. The molecule has 29 heavy (non-hydrogen) atoms. The summed E-state index contributed by atoms with van der Waals surface area (Å²) in [6.07, 6.45) is 1.04. The van der Waals surface area contributed by atoms with Gasteiger partial charge in [0.25, 0.3) is 12.3 Å². The summed E-state index contributed by atoms with van der Waals surface area (Å²) < 4.78 is 29.4. The molecule has 2 aromatic heterocycles. The first-order valence-electron chi connectivity index (χ1n) is 9.46. The molecular weight excluding hydrogens is 380 g/mol. The van der Waals surface area contributed by atoms with E-state index in [0.717, 1.165) is 18.4 Å². The van der Waals surface area contributed by atoms with Crippen molar-refractivity contribution in [1.29, 1.82) is 0 Å². The fraction of sp³-hybridized carbons (Fsp3) is 0.429. The second kappa shape index (κ2) is 9.07. The van der Waals surface area contributed by atoms with Crippen LogP contribution in [0.3, 0.4) is 0 Å². The molecule has 1 aliphatic rings. The third-order valence-electron chi connectivity index (χ3n) is 4.54. The molecule has 2 heterocycles. The molecule has 3 rings (SSSR count). The highest BCUT2D eigenvalue weighted by Crippen LogP contribution is 2.30. The number of hydrogen-bond donors (Lipinski definition) is 1. The Balaban J connectivity index is 1.60. The molecule has 0 atom stereocenters. The molecule has 8 heteroatoms. The molecule has 0 aliphatic heterocycles. The van der Waals surface area contributed by atoms with E-state index in [1.807, 2.05) is 0 Å². The minimum atomic E-state index is -2.57. The van der Waals surface area contributed by atoms with Crippen LogP contribution in [0.5, 0.6) is 5.88 Å². The van der Waals surface area contributed by atoms with Gasteiger partial charge in [-0.05, 0) is 50.5 Å². The number of ether oxygens (including phenoxy) is 1. The van der Waals surface area contributed by atoms with Gasteiger partial charge in [0.1, 0.15) is 5.78 Å². The van der Waals surface area contributed by atoms with E-state index >= 15 is 0 Å². The van der Waals surface area contributed by atoms with Gasteiger partial charge in [-0.25, -0.2) is 13.8 Å². The maximum absolute atomic E-state index is 12.5. The number of rotatable bonds is 9. The van der Waals surface area contributed by atoms with Crippen molar-refractivity contribution in [3.8, 4) is 5.88 Å².